The van der Waals surface area contributed by atoms with Gasteiger partial charge in [0, 0.05) is 11.9 Å². The predicted molar refractivity (Wildman–Crippen MR) is 46.6 cm³/mol. The van der Waals surface area contributed by atoms with Crippen LogP contribution in [0.5, 0.6) is 0 Å². The fraction of sp³-hybridized carbons (Fsp3) is 0.286. The van der Waals surface area contributed by atoms with Crippen LogP contribution in [0.2, 0.25) is 5.15 Å². The van der Waals surface area contributed by atoms with Crippen molar-refractivity contribution >= 4 is 23.2 Å². The van der Waals surface area contributed by atoms with Gasteiger partial charge in [0.25, 0.3) is 6.43 Å². The van der Waals surface area contributed by atoms with Crippen LogP contribution in [0.1, 0.15) is 17.6 Å². The molecule has 0 fully saturated rings. The van der Waals surface area contributed by atoms with Crippen molar-refractivity contribution in [1.82, 2.24) is 4.98 Å². The van der Waals surface area contributed by atoms with Crippen molar-refractivity contribution in [2.45, 2.75) is 12.3 Å². The first-order chi connectivity index (χ1) is 6.06. The fourth-order valence-corrected chi connectivity index (χ4v) is 1.45. The van der Waals surface area contributed by atoms with E-state index in [-0.39, 0.29) is 16.6 Å². The molecular formula is C7H5Cl2F2NO. The first kappa shape index (κ1) is 10.5. The number of H-pyrrole nitrogens is 1. The zero-order chi connectivity index (χ0) is 10.0. The molecule has 0 atom stereocenters. The van der Waals surface area contributed by atoms with E-state index < -0.39 is 17.5 Å². The Balaban J connectivity index is 3.38. The maximum Gasteiger partial charge on any atom is 0.267 e. The van der Waals surface area contributed by atoms with Crippen LogP contribution in [-0.2, 0) is 5.88 Å². The van der Waals surface area contributed by atoms with Gasteiger partial charge in [-0.25, -0.2) is 8.78 Å². The minimum absolute atomic E-state index is 0.0606. The molecule has 0 aliphatic heterocycles. The van der Waals surface area contributed by atoms with Gasteiger partial charge in [-0.1, -0.05) is 11.6 Å². The Kier molecular flexibility index (Phi) is 3.27. The molecule has 1 rings (SSSR count). The lowest BCUT2D eigenvalue weighted by atomic mass is 10.2. The van der Waals surface area contributed by atoms with Crippen molar-refractivity contribution in [1.29, 1.82) is 0 Å². The van der Waals surface area contributed by atoms with E-state index in [1.165, 1.54) is 0 Å². The molecule has 0 aliphatic rings. The zero-order valence-corrected chi connectivity index (χ0v) is 7.79. The number of nitrogens with one attached hydrogen (secondary N) is 1. The summed E-state index contributed by atoms with van der Waals surface area (Å²) in [6, 6.07) is 1.01. The summed E-state index contributed by atoms with van der Waals surface area (Å²) in [7, 11) is 0. The van der Waals surface area contributed by atoms with Crippen LogP contribution in [0.25, 0.3) is 0 Å². The fourth-order valence-electron chi connectivity index (χ4n) is 0.935. The lowest BCUT2D eigenvalue weighted by Crippen LogP contribution is -2.09. The van der Waals surface area contributed by atoms with Crippen molar-refractivity contribution in [3.8, 4) is 0 Å². The maximum absolute atomic E-state index is 12.3. The van der Waals surface area contributed by atoms with Gasteiger partial charge in [0.15, 0.2) is 0 Å². The number of alkyl halides is 3. The summed E-state index contributed by atoms with van der Waals surface area (Å²) in [6.07, 6.45) is -2.74. The molecule has 0 saturated carbocycles. The number of halogens is 4. The van der Waals surface area contributed by atoms with Gasteiger partial charge in [-0.2, -0.15) is 0 Å². The van der Waals surface area contributed by atoms with Crippen LogP contribution < -0.4 is 5.56 Å². The molecule has 1 heterocycles. The van der Waals surface area contributed by atoms with Crippen molar-refractivity contribution < 1.29 is 8.78 Å². The summed E-state index contributed by atoms with van der Waals surface area (Å²) in [5.41, 5.74) is -0.883. The van der Waals surface area contributed by atoms with Crippen molar-refractivity contribution in [3.05, 3.63) is 32.7 Å². The van der Waals surface area contributed by atoms with Crippen LogP contribution in [-0.4, -0.2) is 4.98 Å². The van der Waals surface area contributed by atoms with E-state index in [0.29, 0.717) is 0 Å². The Bertz CT molecular complexity index is 364. The molecule has 0 aromatic carbocycles. The molecule has 0 aliphatic carbocycles. The molecule has 0 bridgehead atoms. The Labute approximate surface area is 82.5 Å². The van der Waals surface area contributed by atoms with E-state index in [0.717, 1.165) is 6.07 Å². The molecule has 72 valence electrons. The van der Waals surface area contributed by atoms with E-state index in [2.05, 4.69) is 4.98 Å². The summed E-state index contributed by atoms with van der Waals surface area (Å²) in [5.74, 6) is -0.163. The largest absolute Gasteiger partial charge is 0.313 e. The summed E-state index contributed by atoms with van der Waals surface area (Å²) >= 11 is 10.8. The van der Waals surface area contributed by atoms with Gasteiger partial charge in [-0.05, 0) is 5.56 Å². The number of aromatic amines is 1. The number of pyridine rings is 1. The van der Waals surface area contributed by atoms with E-state index in [1.54, 1.807) is 0 Å². The van der Waals surface area contributed by atoms with Crippen molar-refractivity contribution in [3.63, 3.8) is 0 Å². The van der Waals surface area contributed by atoms with Crippen LogP contribution in [0, 0.1) is 0 Å². The van der Waals surface area contributed by atoms with E-state index >= 15 is 0 Å². The van der Waals surface area contributed by atoms with Gasteiger partial charge >= 0.3 is 0 Å². The van der Waals surface area contributed by atoms with Gasteiger partial charge in [-0.3, -0.25) is 4.79 Å². The lowest BCUT2D eigenvalue weighted by Gasteiger charge is -2.06. The first-order valence-electron chi connectivity index (χ1n) is 3.32. The van der Waals surface area contributed by atoms with E-state index in [9.17, 15) is 13.6 Å². The minimum atomic E-state index is -2.74. The summed E-state index contributed by atoms with van der Waals surface area (Å²) < 4.78 is 24.7. The summed E-state index contributed by atoms with van der Waals surface area (Å²) in [5, 5.41) is -0.349. The third-order valence-corrected chi connectivity index (χ3v) is 2.07. The SMILES string of the molecule is O=c1cc(CCl)c(C(F)F)c(Cl)[nH]1. The average Bonchev–Trinajstić information content (AvgIpc) is 2.01. The first-order valence-corrected chi connectivity index (χ1v) is 4.23. The molecular weight excluding hydrogens is 223 g/mol. The Morgan fingerprint density at radius 1 is 1.54 bits per heavy atom. The Morgan fingerprint density at radius 3 is 2.62 bits per heavy atom. The molecule has 13 heavy (non-hydrogen) atoms. The lowest BCUT2D eigenvalue weighted by molar-refractivity contribution is 0.150. The molecule has 0 saturated heterocycles. The topological polar surface area (TPSA) is 32.9 Å². The molecule has 6 heteroatoms. The molecule has 2 nitrogen and oxygen atoms in total. The van der Waals surface area contributed by atoms with Gasteiger partial charge in [-0.15, -0.1) is 11.6 Å². The second-order valence-corrected chi connectivity index (χ2v) is 2.97. The van der Waals surface area contributed by atoms with Crippen molar-refractivity contribution in [2.75, 3.05) is 0 Å². The molecule has 0 amide bonds. The third kappa shape index (κ3) is 2.19. The highest BCUT2D eigenvalue weighted by atomic mass is 35.5. The molecule has 0 radical (unpaired) electrons. The Morgan fingerprint density at radius 2 is 2.15 bits per heavy atom. The van der Waals surface area contributed by atoms with Crippen LogP contribution >= 0.6 is 23.2 Å². The van der Waals surface area contributed by atoms with Crippen molar-refractivity contribution in [2.24, 2.45) is 0 Å². The standard InChI is InChI=1S/C7H5Cl2F2NO/c8-2-3-1-4(13)12-6(9)5(3)7(10)11/h1,7H,2H2,(H,12,13). The predicted octanol–water partition coefficient (Wildman–Crippen LogP) is 2.70. The van der Waals surface area contributed by atoms with Crippen LogP contribution in [0.4, 0.5) is 8.78 Å². The summed E-state index contributed by atoms with van der Waals surface area (Å²) in [4.78, 5) is 12.9. The molecule has 1 aromatic rings. The maximum atomic E-state index is 12.3. The van der Waals surface area contributed by atoms with E-state index in [1.807, 2.05) is 0 Å². The normalized spacial score (nSPS) is 10.8. The minimum Gasteiger partial charge on any atom is -0.313 e. The van der Waals surface area contributed by atoms with Gasteiger partial charge in [0.2, 0.25) is 5.56 Å². The molecule has 0 unspecified atom stereocenters. The van der Waals surface area contributed by atoms with E-state index in [4.69, 9.17) is 23.2 Å². The quantitative estimate of drug-likeness (QED) is 0.612. The second-order valence-electron chi connectivity index (χ2n) is 2.32. The zero-order valence-electron chi connectivity index (χ0n) is 6.28. The van der Waals surface area contributed by atoms with Gasteiger partial charge in [0.05, 0.1) is 5.56 Å². The average molecular weight is 228 g/mol. The molecule has 0 spiro atoms. The smallest absolute Gasteiger partial charge is 0.267 e. The highest BCUT2D eigenvalue weighted by molar-refractivity contribution is 6.30. The van der Waals surface area contributed by atoms with Crippen LogP contribution in [0.3, 0.4) is 0 Å². The number of hydrogen-bond acceptors (Lipinski definition) is 1. The molecule has 1 aromatic heterocycles. The number of rotatable bonds is 2. The number of hydrogen-bond donors (Lipinski definition) is 1. The monoisotopic (exact) mass is 227 g/mol. The third-order valence-electron chi connectivity index (χ3n) is 1.48. The van der Waals surface area contributed by atoms with Gasteiger partial charge in [0.1, 0.15) is 5.15 Å². The molecule has 1 N–H and O–H groups in total. The highest BCUT2D eigenvalue weighted by Gasteiger charge is 2.17. The highest BCUT2D eigenvalue weighted by Crippen LogP contribution is 2.28. The second kappa shape index (κ2) is 4.07. The number of aromatic nitrogens is 1. The summed E-state index contributed by atoms with van der Waals surface area (Å²) in [6.45, 7) is 0. The van der Waals surface area contributed by atoms with Crippen LogP contribution in [0.15, 0.2) is 10.9 Å². The van der Waals surface area contributed by atoms with Gasteiger partial charge < -0.3 is 4.98 Å². The Hall–Kier alpha value is -0.610.